The Bertz CT molecular complexity index is 799. The molecule has 0 atom stereocenters. The summed E-state index contributed by atoms with van der Waals surface area (Å²) in [5, 5.41) is 13.0. The van der Waals surface area contributed by atoms with Crippen molar-refractivity contribution in [1.29, 1.82) is 0 Å². The third kappa shape index (κ3) is 3.16. The Kier molecular flexibility index (Phi) is 5.18. The van der Waals surface area contributed by atoms with Crippen LogP contribution in [0.5, 0.6) is 0 Å². The number of rotatable bonds is 3. The van der Waals surface area contributed by atoms with E-state index in [4.69, 9.17) is 16.3 Å². The zero-order chi connectivity index (χ0) is 18.9. The van der Waals surface area contributed by atoms with Crippen molar-refractivity contribution in [3.05, 3.63) is 34.6 Å². The molecule has 1 saturated carbocycles. The highest BCUT2D eigenvalue weighted by Gasteiger charge is 2.46. The second-order valence-corrected chi connectivity index (χ2v) is 7.50. The molecule has 26 heavy (non-hydrogen) atoms. The normalized spacial score (nSPS) is 22.9. The van der Waals surface area contributed by atoms with E-state index in [1.54, 1.807) is 16.6 Å². The van der Waals surface area contributed by atoms with Crippen LogP contribution in [0.25, 0.3) is 5.69 Å². The summed E-state index contributed by atoms with van der Waals surface area (Å²) in [5.41, 5.74) is 1.15. The number of methoxy groups -OCH3 is 1. The molecule has 1 aliphatic carbocycles. The molecule has 0 aliphatic heterocycles. The average Bonchev–Trinajstić information content (AvgIpc) is 3.14. The Hall–Kier alpha value is -2.15. The Morgan fingerprint density at radius 2 is 2.08 bits per heavy atom. The molecule has 1 aromatic heterocycles. The number of carbonyl (C=O) groups excluding carboxylic acids is 1. The van der Waals surface area contributed by atoms with Crippen molar-refractivity contribution in [1.82, 2.24) is 25.1 Å². The van der Waals surface area contributed by atoms with Crippen molar-refractivity contribution >= 4 is 17.7 Å². The van der Waals surface area contributed by atoms with Gasteiger partial charge in [0.25, 0.3) is 0 Å². The summed E-state index contributed by atoms with van der Waals surface area (Å²) in [6, 6.07) is 5.70. The molecule has 140 valence electrons. The molecule has 1 aliphatic rings. The van der Waals surface area contributed by atoms with Gasteiger partial charge in [0, 0.05) is 12.1 Å². The molecular formula is C18H24ClN5O2. The maximum atomic E-state index is 12.3. The van der Waals surface area contributed by atoms with E-state index in [2.05, 4.69) is 22.4 Å². The van der Waals surface area contributed by atoms with Gasteiger partial charge in [0.15, 0.2) is 5.82 Å². The number of benzene rings is 1. The fourth-order valence-corrected chi connectivity index (χ4v) is 3.80. The van der Waals surface area contributed by atoms with Crippen LogP contribution in [0, 0.1) is 12.8 Å². The third-order valence-electron chi connectivity index (χ3n) is 5.48. The highest BCUT2D eigenvalue weighted by atomic mass is 35.5. The van der Waals surface area contributed by atoms with Crippen LogP contribution in [0.4, 0.5) is 4.79 Å². The first-order chi connectivity index (χ1) is 12.4. The maximum Gasteiger partial charge on any atom is 0.410 e. The SMILES string of the molecule is COC(=O)N(C)C1(c2nnnn2-c2ccc(C)c(Cl)c2)CCC(C)CC1. The summed E-state index contributed by atoms with van der Waals surface area (Å²) < 4.78 is 6.66. The zero-order valence-corrected chi connectivity index (χ0v) is 16.3. The van der Waals surface area contributed by atoms with Crippen LogP contribution in [-0.2, 0) is 10.3 Å². The van der Waals surface area contributed by atoms with E-state index in [-0.39, 0.29) is 0 Å². The molecule has 7 nitrogen and oxygen atoms in total. The minimum Gasteiger partial charge on any atom is -0.453 e. The van der Waals surface area contributed by atoms with Crippen LogP contribution in [0.1, 0.15) is 44.0 Å². The van der Waals surface area contributed by atoms with Crippen LogP contribution in [0.15, 0.2) is 18.2 Å². The lowest BCUT2D eigenvalue weighted by molar-refractivity contribution is 0.0383. The topological polar surface area (TPSA) is 73.1 Å². The van der Waals surface area contributed by atoms with Gasteiger partial charge in [-0.15, -0.1) is 5.10 Å². The van der Waals surface area contributed by atoms with Gasteiger partial charge in [-0.25, -0.2) is 4.79 Å². The first-order valence-electron chi connectivity index (χ1n) is 8.76. The van der Waals surface area contributed by atoms with Crippen molar-refractivity contribution in [2.24, 2.45) is 5.92 Å². The summed E-state index contributed by atoms with van der Waals surface area (Å²) in [5.74, 6) is 1.24. The minimum atomic E-state index is -0.611. The number of ether oxygens (including phenoxy) is 1. The summed E-state index contributed by atoms with van der Waals surface area (Å²) in [7, 11) is 3.14. The van der Waals surface area contributed by atoms with Gasteiger partial charge in [-0.05, 0) is 66.6 Å². The van der Waals surface area contributed by atoms with Crippen LogP contribution >= 0.6 is 11.6 Å². The number of tetrazole rings is 1. The molecule has 0 bridgehead atoms. The third-order valence-corrected chi connectivity index (χ3v) is 5.88. The Balaban J connectivity index is 2.10. The van der Waals surface area contributed by atoms with E-state index < -0.39 is 11.6 Å². The van der Waals surface area contributed by atoms with Crippen LogP contribution in [0.3, 0.4) is 0 Å². The highest BCUT2D eigenvalue weighted by Crippen LogP contribution is 2.43. The van der Waals surface area contributed by atoms with Gasteiger partial charge in [-0.2, -0.15) is 4.68 Å². The molecule has 2 aromatic rings. The van der Waals surface area contributed by atoms with E-state index in [1.807, 2.05) is 25.1 Å². The fourth-order valence-electron chi connectivity index (χ4n) is 3.63. The van der Waals surface area contributed by atoms with Crippen molar-refractivity contribution in [2.75, 3.05) is 14.2 Å². The maximum absolute atomic E-state index is 12.3. The van der Waals surface area contributed by atoms with Crippen LogP contribution < -0.4 is 0 Å². The molecule has 8 heteroatoms. The van der Waals surface area contributed by atoms with Crippen LogP contribution in [0.2, 0.25) is 5.02 Å². The minimum absolute atomic E-state index is 0.393. The molecule has 0 saturated heterocycles. The summed E-state index contributed by atoms with van der Waals surface area (Å²) in [6.45, 7) is 4.17. The number of hydrogen-bond acceptors (Lipinski definition) is 5. The second-order valence-electron chi connectivity index (χ2n) is 7.09. The smallest absolute Gasteiger partial charge is 0.410 e. The molecule has 0 N–H and O–H groups in total. The molecule has 0 radical (unpaired) electrons. The number of halogens is 1. The largest absolute Gasteiger partial charge is 0.453 e. The van der Waals surface area contributed by atoms with Gasteiger partial charge < -0.3 is 4.74 Å². The summed E-state index contributed by atoms with van der Waals surface area (Å²) in [6.07, 6.45) is 3.14. The molecular weight excluding hydrogens is 354 g/mol. The Labute approximate surface area is 158 Å². The lowest BCUT2D eigenvalue weighted by Gasteiger charge is -2.43. The van der Waals surface area contributed by atoms with Crippen molar-refractivity contribution in [3.63, 3.8) is 0 Å². The lowest BCUT2D eigenvalue weighted by atomic mass is 9.75. The average molecular weight is 378 g/mol. The second kappa shape index (κ2) is 7.23. The molecule has 1 heterocycles. The van der Waals surface area contributed by atoms with Gasteiger partial charge in [-0.3, -0.25) is 4.90 Å². The monoisotopic (exact) mass is 377 g/mol. The number of aryl methyl sites for hydroxylation is 1. The first kappa shape index (κ1) is 18.6. The van der Waals surface area contributed by atoms with Gasteiger partial charge >= 0.3 is 6.09 Å². The summed E-state index contributed by atoms with van der Waals surface area (Å²) >= 11 is 6.29. The highest BCUT2D eigenvalue weighted by molar-refractivity contribution is 6.31. The number of carbonyl (C=O) groups is 1. The zero-order valence-electron chi connectivity index (χ0n) is 15.6. The van der Waals surface area contributed by atoms with Gasteiger partial charge in [0.05, 0.1) is 12.8 Å². The van der Waals surface area contributed by atoms with Crippen molar-refractivity contribution in [3.8, 4) is 5.69 Å². The number of hydrogen-bond donors (Lipinski definition) is 0. The van der Waals surface area contributed by atoms with Gasteiger partial charge in [0.1, 0.15) is 5.54 Å². The van der Waals surface area contributed by atoms with E-state index in [1.165, 1.54) is 7.11 Å². The van der Waals surface area contributed by atoms with Crippen molar-refractivity contribution < 1.29 is 9.53 Å². The summed E-state index contributed by atoms with van der Waals surface area (Å²) in [4.78, 5) is 14.0. The van der Waals surface area contributed by atoms with E-state index in [0.717, 1.165) is 36.9 Å². The lowest BCUT2D eigenvalue weighted by Crippen LogP contribution is -2.50. The predicted molar refractivity (Wildman–Crippen MR) is 98.4 cm³/mol. The number of nitrogens with zero attached hydrogens (tertiary/aromatic N) is 5. The van der Waals surface area contributed by atoms with Crippen molar-refractivity contribution in [2.45, 2.75) is 45.1 Å². The molecule has 1 fully saturated rings. The van der Waals surface area contributed by atoms with E-state index in [9.17, 15) is 4.79 Å². The quantitative estimate of drug-likeness (QED) is 0.814. The number of amides is 1. The molecule has 1 aromatic carbocycles. The Morgan fingerprint density at radius 3 is 2.69 bits per heavy atom. The first-order valence-corrected chi connectivity index (χ1v) is 9.14. The van der Waals surface area contributed by atoms with E-state index >= 15 is 0 Å². The van der Waals surface area contributed by atoms with E-state index in [0.29, 0.717) is 16.8 Å². The van der Waals surface area contributed by atoms with Crippen LogP contribution in [-0.4, -0.2) is 45.4 Å². The fraction of sp³-hybridized carbons (Fsp3) is 0.556. The molecule has 0 spiro atoms. The molecule has 1 amide bonds. The predicted octanol–water partition coefficient (Wildman–Crippen LogP) is 3.73. The van der Waals surface area contributed by atoms with Gasteiger partial charge in [0.2, 0.25) is 0 Å². The number of aromatic nitrogens is 4. The molecule has 0 unspecified atom stereocenters. The molecule has 3 rings (SSSR count). The standard InChI is InChI=1S/C18H24ClN5O2/c1-12-7-9-18(10-8-12,23(3)17(25)26-4)16-20-21-22-24(16)14-6-5-13(2)15(19)11-14/h5-6,11-12H,7-10H2,1-4H3. The van der Waals surface area contributed by atoms with Gasteiger partial charge in [-0.1, -0.05) is 24.6 Å². The Morgan fingerprint density at radius 1 is 1.38 bits per heavy atom.